The summed E-state index contributed by atoms with van der Waals surface area (Å²) < 4.78 is 12.2. The van der Waals surface area contributed by atoms with Crippen LogP contribution in [0.3, 0.4) is 0 Å². The number of piperazine rings is 1. The molecule has 0 bridgehead atoms. The van der Waals surface area contributed by atoms with Crippen molar-refractivity contribution in [2.75, 3.05) is 75.4 Å². The van der Waals surface area contributed by atoms with Crippen LogP contribution < -0.4 is 14.4 Å². The van der Waals surface area contributed by atoms with Crippen LogP contribution in [0.1, 0.15) is 17.5 Å². The van der Waals surface area contributed by atoms with Crippen molar-refractivity contribution >= 4 is 52.3 Å². The van der Waals surface area contributed by atoms with Gasteiger partial charge in [-0.05, 0) is 60.0 Å². The van der Waals surface area contributed by atoms with E-state index in [1.165, 1.54) is 30.2 Å². The highest BCUT2D eigenvalue weighted by Crippen LogP contribution is 2.38. The maximum atomic E-state index is 10.1. The Morgan fingerprint density at radius 1 is 0.729 bits per heavy atom. The number of halogens is 3. The number of anilines is 1. The van der Waals surface area contributed by atoms with E-state index in [1.807, 2.05) is 42.1 Å². The van der Waals surface area contributed by atoms with E-state index in [4.69, 9.17) is 44.3 Å². The molecule has 2 fully saturated rings. The molecular weight excluding hydrogens is 689 g/mol. The first-order chi connectivity index (χ1) is 23.4. The van der Waals surface area contributed by atoms with Gasteiger partial charge < -0.3 is 24.4 Å². The van der Waals surface area contributed by atoms with Crippen molar-refractivity contribution in [3.05, 3.63) is 92.9 Å². The first-order valence-corrected chi connectivity index (χ1v) is 18.6. The monoisotopic (exact) mass is 727 g/mol. The van der Waals surface area contributed by atoms with E-state index in [1.54, 1.807) is 12.1 Å². The van der Waals surface area contributed by atoms with E-state index in [2.05, 4.69) is 49.2 Å². The van der Waals surface area contributed by atoms with Gasteiger partial charge in [0, 0.05) is 80.9 Å². The molecule has 6 rings (SSSR count). The number of aromatic nitrogens is 2. The summed E-state index contributed by atoms with van der Waals surface area (Å²) >= 11 is 20.6. The van der Waals surface area contributed by atoms with E-state index in [9.17, 15) is 5.11 Å². The minimum atomic E-state index is -0.154. The lowest BCUT2D eigenvalue weighted by Crippen LogP contribution is -2.46. The van der Waals surface area contributed by atoms with Gasteiger partial charge >= 0.3 is 0 Å². The first kappa shape index (κ1) is 34.9. The lowest BCUT2D eigenvalue weighted by Gasteiger charge is -2.36. The van der Waals surface area contributed by atoms with Crippen LogP contribution in [0.4, 0.5) is 5.69 Å². The Hall–Kier alpha value is -2.92. The molecule has 1 N–H and O–H groups in total. The highest BCUT2D eigenvalue weighted by molar-refractivity contribution is 7.99. The zero-order valence-electron chi connectivity index (χ0n) is 26.8. The first-order valence-electron chi connectivity index (χ1n) is 16.3. The van der Waals surface area contributed by atoms with Gasteiger partial charge in [-0.1, -0.05) is 59.1 Å². The Bertz CT molecular complexity index is 1610. The van der Waals surface area contributed by atoms with E-state index in [-0.39, 0.29) is 15.8 Å². The molecule has 2 saturated heterocycles. The minimum absolute atomic E-state index is 0.154. The summed E-state index contributed by atoms with van der Waals surface area (Å²) in [5, 5.41) is 20.0. The SMILES string of the molecule is Oc1c(Cl)cc(-c2cc(N3CCN(Cc4ccc(OCCCN5CCSCC5)cc4)CC3)c(OCCc3ccc(Cl)cc3)nn2)cc1Cl. The Kier molecular flexibility index (Phi) is 12.5. The fourth-order valence-electron chi connectivity index (χ4n) is 5.87. The molecule has 2 aliphatic rings. The molecule has 0 atom stereocenters. The minimum Gasteiger partial charge on any atom is -0.505 e. The van der Waals surface area contributed by atoms with Crippen LogP contribution in [0.5, 0.6) is 17.4 Å². The number of benzene rings is 3. The van der Waals surface area contributed by atoms with E-state index in [0.717, 1.165) is 69.3 Å². The molecule has 0 spiro atoms. The Morgan fingerprint density at radius 3 is 2.12 bits per heavy atom. The smallest absolute Gasteiger partial charge is 0.257 e. The number of phenols is 1. The molecule has 0 radical (unpaired) electrons. The van der Waals surface area contributed by atoms with Crippen molar-refractivity contribution in [3.63, 3.8) is 0 Å². The summed E-state index contributed by atoms with van der Waals surface area (Å²) in [6.07, 6.45) is 1.76. The third-order valence-corrected chi connectivity index (χ3v) is 10.4. The number of ether oxygens (including phenoxy) is 2. The highest BCUT2D eigenvalue weighted by atomic mass is 35.5. The van der Waals surface area contributed by atoms with Gasteiger partial charge in [0.25, 0.3) is 5.88 Å². The summed E-state index contributed by atoms with van der Waals surface area (Å²) in [5.41, 5.74) is 4.50. The number of hydrogen-bond acceptors (Lipinski definition) is 9. The topological polar surface area (TPSA) is 74.2 Å². The zero-order chi connectivity index (χ0) is 33.3. The zero-order valence-corrected chi connectivity index (χ0v) is 29.9. The van der Waals surface area contributed by atoms with Crippen LogP contribution in [-0.4, -0.2) is 95.6 Å². The van der Waals surface area contributed by atoms with Crippen LogP contribution >= 0.6 is 46.6 Å². The van der Waals surface area contributed by atoms with Gasteiger partial charge in [0.1, 0.15) is 11.4 Å². The average molecular weight is 729 g/mol. The second kappa shape index (κ2) is 17.1. The second-order valence-corrected chi connectivity index (χ2v) is 14.5. The molecule has 8 nitrogen and oxygen atoms in total. The number of thioether (sulfide) groups is 1. The van der Waals surface area contributed by atoms with Gasteiger partial charge in [0.2, 0.25) is 0 Å². The number of aromatic hydroxyl groups is 1. The largest absolute Gasteiger partial charge is 0.505 e. The van der Waals surface area contributed by atoms with Crippen molar-refractivity contribution in [1.82, 2.24) is 20.0 Å². The van der Waals surface area contributed by atoms with Crippen molar-refractivity contribution < 1.29 is 14.6 Å². The summed E-state index contributed by atoms with van der Waals surface area (Å²) in [5.74, 6) is 3.74. The molecule has 0 aliphatic carbocycles. The quantitative estimate of drug-likeness (QED) is 0.140. The normalized spacial score (nSPS) is 15.9. The van der Waals surface area contributed by atoms with E-state index in [0.29, 0.717) is 35.2 Å². The highest BCUT2D eigenvalue weighted by Gasteiger charge is 2.23. The summed E-state index contributed by atoms with van der Waals surface area (Å²) in [4.78, 5) is 7.28. The Morgan fingerprint density at radius 2 is 1.42 bits per heavy atom. The maximum Gasteiger partial charge on any atom is 0.257 e. The van der Waals surface area contributed by atoms with Crippen molar-refractivity contribution in [1.29, 1.82) is 0 Å². The second-order valence-electron chi connectivity index (χ2n) is 12.0. The van der Waals surface area contributed by atoms with Gasteiger partial charge in [0.15, 0.2) is 5.75 Å². The van der Waals surface area contributed by atoms with Crippen molar-refractivity contribution in [2.24, 2.45) is 0 Å². The molecular formula is C36H40Cl3N5O3S. The van der Waals surface area contributed by atoms with E-state index >= 15 is 0 Å². The Balaban J connectivity index is 1.06. The molecule has 3 heterocycles. The molecule has 48 heavy (non-hydrogen) atoms. The lowest BCUT2D eigenvalue weighted by molar-refractivity contribution is 0.245. The fourth-order valence-corrected chi connectivity index (χ4v) is 7.46. The van der Waals surface area contributed by atoms with Gasteiger partial charge in [-0.3, -0.25) is 4.90 Å². The molecule has 254 valence electrons. The van der Waals surface area contributed by atoms with Crippen LogP contribution in [0.15, 0.2) is 66.7 Å². The third kappa shape index (κ3) is 9.61. The molecule has 0 unspecified atom stereocenters. The van der Waals surface area contributed by atoms with Crippen LogP contribution in [-0.2, 0) is 13.0 Å². The third-order valence-electron chi connectivity index (χ3n) is 8.63. The van der Waals surface area contributed by atoms with Crippen LogP contribution in [0.25, 0.3) is 11.3 Å². The number of rotatable bonds is 13. The predicted molar refractivity (Wildman–Crippen MR) is 198 cm³/mol. The van der Waals surface area contributed by atoms with Gasteiger partial charge in [0.05, 0.1) is 29.0 Å². The lowest BCUT2D eigenvalue weighted by atomic mass is 10.1. The molecule has 4 aromatic rings. The molecule has 1 aromatic heterocycles. The average Bonchev–Trinajstić information content (AvgIpc) is 3.11. The van der Waals surface area contributed by atoms with Crippen LogP contribution in [0, 0.1) is 0 Å². The predicted octanol–water partition coefficient (Wildman–Crippen LogP) is 7.57. The van der Waals surface area contributed by atoms with Crippen molar-refractivity contribution in [2.45, 2.75) is 19.4 Å². The summed E-state index contributed by atoms with van der Waals surface area (Å²) in [7, 11) is 0. The number of nitrogens with zero attached hydrogens (tertiary/aromatic N) is 5. The molecule has 3 aromatic carbocycles. The molecule has 12 heteroatoms. The number of phenolic OH excluding ortho intramolecular Hbond substituents is 1. The molecule has 0 amide bonds. The van der Waals surface area contributed by atoms with Gasteiger partial charge in [-0.25, -0.2) is 0 Å². The Labute approximate surface area is 301 Å². The fraction of sp³-hybridized carbons (Fsp3) is 0.389. The summed E-state index contributed by atoms with van der Waals surface area (Å²) in [6.45, 7) is 8.91. The van der Waals surface area contributed by atoms with Gasteiger partial charge in [-0.2, -0.15) is 11.8 Å². The summed E-state index contributed by atoms with van der Waals surface area (Å²) in [6, 6.07) is 21.5. The van der Waals surface area contributed by atoms with E-state index < -0.39 is 0 Å². The number of hydrogen-bond donors (Lipinski definition) is 1. The maximum absolute atomic E-state index is 10.1. The standard InChI is InChI=1S/C36H40Cl3N5O3S/c37-29-6-2-26(3-7-29)10-19-47-36-34(24-33(40-41-36)28-22-31(38)35(45)32(39)23-28)44-14-12-43(13-15-44)25-27-4-8-30(9-5-27)46-18-1-11-42-16-20-48-21-17-42/h2-9,22-24,45H,1,10-21,25H2. The van der Waals surface area contributed by atoms with Crippen LogP contribution in [0.2, 0.25) is 15.1 Å². The molecule has 2 aliphatic heterocycles. The molecule has 0 saturated carbocycles. The van der Waals surface area contributed by atoms with Crippen molar-refractivity contribution in [3.8, 4) is 28.6 Å². The van der Waals surface area contributed by atoms with Gasteiger partial charge in [-0.15, -0.1) is 10.2 Å².